The van der Waals surface area contributed by atoms with Gasteiger partial charge in [0.05, 0.1) is 5.69 Å². The molecule has 11 aromatic carbocycles. The fourth-order valence-electron chi connectivity index (χ4n) is 9.91. The highest BCUT2D eigenvalue weighted by atomic mass is 16.3. The summed E-state index contributed by atoms with van der Waals surface area (Å²) in [5, 5.41) is 9.33. The van der Waals surface area contributed by atoms with Crippen molar-refractivity contribution in [2.24, 2.45) is 0 Å². The molecular formula is C62H39NO2. The van der Waals surface area contributed by atoms with Gasteiger partial charge in [0.25, 0.3) is 0 Å². The van der Waals surface area contributed by atoms with Gasteiger partial charge in [-0.3, -0.25) is 0 Å². The molecule has 13 rings (SSSR count). The van der Waals surface area contributed by atoms with Crippen molar-refractivity contribution in [2.45, 2.75) is 0 Å². The van der Waals surface area contributed by atoms with Crippen molar-refractivity contribution in [1.82, 2.24) is 0 Å². The van der Waals surface area contributed by atoms with Crippen LogP contribution in [0.5, 0.6) is 0 Å². The first-order valence-electron chi connectivity index (χ1n) is 22.1. The molecule has 13 aromatic rings. The maximum absolute atomic E-state index is 6.81. The Morgan fingerprint density at radius 1 is 0.262 bits per heavy atom. The van der Waals surface area contributed by atoms with E-state index in [1.165, 1.54) is 32.8 Å². The number of hydrogen-bond donors (Lipinski definition) is 0. The molecule has 0 bridgehead atoms. The van der Waals surface area contributed by atoms with Gasteiger partial charge in [-0.05, 0) is 97.9 Å². The number of nitrogens with zero attached hydrogens (tertiary/aromatic N) is 1. The van der Waals surface area contributed by atoms with E-state index in [1.54, 1.807) is 0 Å². The summed E-state index contributed by atoms with van der Waals surface area (Å²) in [6.45, 7) is 0. The third-order valence-corrected chi connectivity index (χ3v) is 13.1. The summed E-state index contributed by atoms with van der Waals surface area (Å²) in [5.74, 6) is 0. The van der Waals surface area contributed by atoms with Crippen molar-refractivity contribution < 1.29 is 8.83 Å². The SMILES string of the molecule is c1ccc(N(c2ccc(-c3ccc(-c4cccc5ccccc45)cc3)cc2)c2ccc(-c3cccc4c3oc3ccccc34)cc2)c(-c2cccc3c2oc2cc4ccccc4cc23)c1. The third-order valence-electron chi connectivity index (χ3n) is 13.1. The summed E-state index contributed by atoms with van der Waals surface area (Å²) in [6.07, 6.45) is 0. The van der Waals surface area contributed by atoms with E-state index in [2.05, 4.69) is 229 Å². The van der Waals surface area contributed by atoms with Crippen molar-refractivity contribution in [1.29, 1.82) is 0 Å². The van der Waals surface area contributed by atoms with Gasteiger partial charge >= 0.3 is 0 Å². The second-order valence-electron chi connectivity index (χ2n) is 16.8. The van der Waals surface area contributed by atoms with Crippen LogP contribution in [0.25, 0.3) is 110 Å². The van der Waals surface area contributed by atoms with Crippen molar-refractivity contribution in [3.8, 4) is 44.5 Å². The zero-order chi connectivity index (χ0) is 42.8. The molecule has 0 aliphatic carbocycles. The third kappa shape index (κ3) is 6.20. The Balaban J connectivity index is 0.929. The fraction of sp³-hybridized carbons (Fsp3) is 0. The molecule has 0 radical (unpaired) electrons. The van der Waals surface area contributed by atoms with Crippen LogP contribution in [0.15, 0.2) is 245 Å². The highest BCUT2D eigenvalue weighted by Crippen LogP contribution is 2.46. The zero-order valence-electron chi connectivity index (χ0n) is 35.3. The van der Waals surface area contributed by atoms with Crippen LogP contribution in [-0.4, -0.2) is 0 Å². The predicted octanol–water partition coefficient (Wildman–Crippen LogP) is 17.9. The lowest BCUT2D eigenvalue weighted by molar-refractivity contribution is 0.670. The second-order valence-corrected chi connectivity index (χ2v) is 16.8. The van der Waals surface area contributed by atoms with Crippen LogP contribution in [0.2, 0.25) is 0 Å². The lowest BCUT2D eigenvalue weighted by Gasteiger charge is -2.28. The molecule has 0 saturated heterocycles. The Hall–Kier alpha value is -8.66. The first-order chi connectivity index (χ1) is 32.2. The molecule has 65 heavy (non-hydrogen) atoms. The van der Waals surface area contributed by atoms with Gasteiger partial charge in [-0.1, -0.05) is 188 Å². The van der Waals surface area contributed by atoms with Crippen molar-refractivity contribution in [3.63, 3.8) is 0 Å². The predicted molar refractivity (Wildman–Crippen MR) is 272 cm³/mol. The Labute approximate surface area is 375 Å². The highest BCUT2D eigenvalue weighted by Gasteiger charge is 2.21. The molecule has 0 unspecified atom stereocenters. The van der Waals surface area contributed by atoms with E-state index < -0.39 is 0 Å². The Bertz CT molecular complexity index is 3930. The topological polar surface area (TPSA) is 29.5 Å². The van der Waals surface area contributed by atoms with Crippen LogP contribution in [0.4, 0.5) is 17.1 Å². The molecule has 0 spiro atoms. The zero-order valence-corrected chi connectivity index (χ0v) is 35.3. The van der Waals surface area contributed by atoms with Gasteiger partial charge in [0.2, 0.25) is 0 Å². The summed E-state index contributed by atoms with van der Waals surface area (Å²) in [4.78, 5) is 2.37. The van der Waals surface area contributed by atoms with E-state index in [0.29, 0.717) is 0 Å². The Morgan fingerprint density at radius 3 is 1.49 bits per heavy atom. The van der Waals surface area contributed by atoms with E-state index in [-0.39, 0.29) is 0 Å². The van der Waals surface area contributed by atoms with Gasteiger partial charge in [-0.25, -0.2) is 0 Å². The second kappa shape index (κ2) is 15.0. The quantitative estimate of drug-likeness (QED) is 0.160. The summed E-state index contributed by atoms with van der Waals surface area (Å²) >= 11 is 0. The number of fused-ring (bicyclic) bond motifs is 8. The van der Waals surface area contributed by atoms with Crippen molar-refractivity contribution >= 4 is 82.5 Å². The van der Waals surface area contributed by atoms with Gasteiger partial charge in [0.15, 0.2) is 0 Å². The Kier molecular flexibility index (Phi) is 8.53. The van der Waals surface area contributed by atoms with Crippen LogP contribution in [-0.2, 0) is 0 Å². The number of para-hydroxylation sites is 4. The molecule has 2 heterocycles. The smallest absolute Gasteiger partial charge is 0.143 e. The number of hydrogen-bond acceptors (Lipinski definition) is 3. The molecule has 0 aliphatic rings. The van der Waals surface area contributed by atoms with Crippen LogP contribution < -0.4 is 4.90 Å². The molecular weight excluding hydrogens is 791 g/mol. The minimum Gasteiger partial charge on any atom is -0.455 e. The van der Waals surface area contributed by atoms with Crippen LogP contribution in [0.3, 0.4) is 0 Å². The molecule has 304 valence electrons. The summed E-state index contributed by atoms with van der Waals surface area (Å²) in [7, 11) is 0. The molecule has 0 amide bonds. The van der Waals surface area contributed by atoms with Crippen LogP contribution in [0.1, 0.15) is 0 Å². The number of anilines is 3. The lowest BCUT2D eigenvalue weighted by atomic mass is 9.96. The normalized spacial score (nSPS) is 11.7. The first kappa shape index (κ1) is 36.9. The van der Waals surface area contributed by atoms with Crippen molar-refractivity contribution in [2.75, 3.05) is 4.90 Å². The fourth-order valence-corrected chi connectivity index (χ4v) is 9.91. The van der Waals surface area contributed by atoms with E-state index in [1.807, 2.05) is 12.1 Å². The standard InChI is InChI=1S/C62H39NO2/c1-2-14-46-39-60-57(38-45(46)13-1)56-23-11-21-54(62(56)65-60)52-17-5-7-24-58(52)63(48-36-32-44(33-37-48)51-20-10-22-55-53-18-6-8-25-59(53)64-61(51)55)47-34-30-41(31-35-47)40-26-28-43(29-27-40)50-19-9-15-42-12-3-4-16-49(42)50/h1-39H. The van der Waals surface area contributed by atoms with Gasteiger partial charge in [0, 0.05) is 49.6 Å². The minimum atomic E-state index is 0.877. The minimum absolute atomic E-state index is 0.877. The molecule has 2 aromatic heterocycles. The van der Waals surface area contributed by atoms with Gasteiger partial charge in [-0.2, -0.15) is 0 Å². The lowest BCUT2D eigenvalue weighted by Crippen LogP contribution is -2.11. The van der Waals surface area contributed by atoms with Crippen molar-refractivity contribution in [3.05, 3.63) is 237 Å². The average Bonchev–Trinajstić information content (AvgIpc) is 3.94. The molecule has 0 fully saturated rings. The van der Waals surface area contributed by atoms with E-state index in [9.17, 15) is 0 Å². The highest BCUT2D eigenvalue weighted by molar-refractivity contribution is 6.14. The van der Waals surface area contributed by atoms with E-state index in [4.69, 9.17) is 8.83 Å². The molecule has 0 aliphatic heterocycles. The van der Waals surface area contributed by atoms with Crippen LogP contribution >= 0.6 is 0 Å². The van der Waals surface area contributed by atoms with Crippen LogP contribution in [0, 0.1) is 0 Å². The Morgan fingerprint density at radius 2 is 0.723 bits per heavy atom. The molecule has 0 N–H and O–H groups in total. The molecule has 3 heteroatoms. The maximum Gasteiger partial charge on any atom is 0.143 e. The van der Waals surface area contributed by atoms with Gasteiger partial charge in [-0.15, -0.1) is 0 Å². The number of furan rings is 2. The average molecular weight is 830 g/mol. The summed E-state index contributed by atoms with van der Waals surface area (Å²) in [6, 6.07) is 84.6. The maximum atomic E-state index is 6.81. The molecule has 0 saturated carbocycles. The monoisotopic (exact) mass is 829 g/mol. The number of rotatable bonds is 7. The van der Waals surface area contributed by atoms with Gasteiger partial charge < -0.3 is 13.7 Å². The number of benzene rings is 11. The summed E-state index contributed by atoms with van der Waals surface area (Å²) < 4.78 is 13.3. The molecule has 3 nitrogen and oxygen atoms in total. The summed E-state index contributed by atoms with van der Waals surface area (Å²) in [5.41, 5.74) is 15.7. The van der Waals surface area contributed by atoms with E-state index in [0.717, 1.165) is 94.1 Å². The largest absolute Gasteiger partial charge is 0.455 e. The molecule has 0 atom stereocenters. The van der Waals surface area contributed by atoms with Gasteiger partial charge in [0.1, 0.15) is 22.3 Å². The van der Waals surface area contributed by atoms with E-state index >= 15 is 0 Å². The first-order valence-corrected chi connectivity index (χ1v) is 22.1.